The Bertz CT molecular complexity index is 626. The van der Waals surface area contributed by atoms with Crippen LogP contribution in [0.3, 0.4) is 0 Å². The molecule has 0 heterocycles. The van der Waals surface area contributed by atoms with Crippen molar-refractivity contribution in [3.63, 3.8) is 0 Å². The lowest BCUT2D eigenvalue weighted by molar-refractivity contribution is -0.143. The molecule has 1 aromatic rings. The average Bonchev–Trinajstić information content (AvgIpc) is 3.15. The Balaban J connectivity index is 1.92. The van der Waals surface area contributed by atoms with E-state index in [-0.39, 0.29) is 53.9 Å². The maximum absolute atomic E-state index is 13.5. The lowest BCUT2D eigenvalue weighted by Crippen LogP contribution is -2.24. The van der Waals surface area contributed by atoms with Gasteiger partial charge in [-0.2, -0.15) is 0 Å². The molecule has 2 saturated carbocycles. The minimum Gasteiger partial charge on any atom is -0.466 e. The first-order valence-electron chi connectivity index (χ1n) is 9.91. The second-order valence-corrected chi connectivity index (χ2v) is 7.94. The van der Waals surface area contributed by atoms with Crippen LogP contribution in [-0.2, 0) is 14.3 Å². The zero-order valence-electron chi connectivity index (χ0n) is 15.8. The van der Waals surface area contributed by atoms with Crippen molar-refractivity contribution >= 4 is 11.8 Å². The monoisotopic (exact) mass is 358 g/mol. The van der Waals surface area contributed by atoms with Crippen molar-refractivity contribution in [3.8, 4) is 0 Å². The van der Waals surface area contributed by atoms with E-state index in [2.05, 4.69) is 19.1 Å². The Hall–Kier alpha value is -1.68. The number of aliphatic hydroxyl groups excluding tert-OH is 1. The number of carbonyl (C=O) groups is 2. The van der Waals surface area contributed by atoms with E-state index in [4.69, 9.17) is 4.74 Å². The number of ether oxygens (including phenoxy) is 1. The van der Waals surface area contributed by atoms with Gasteiger partial charge in [0.2, 0.25) is 0 Å². The molecule has 142 valence electrons. The van der Waals surface area contributed by atoms with E-state index in [1.165, 1.54) is 6.92 Å². The topological polar surface area (TPSA) is 63.6 Å². The van der Waals surface area contributed by atoms with E-state index in [0.29, 0.717) is 6.61 Å². The van der Waals surface area contributed by atoms with Crippen LogP contribution in [-0.4, -0.2) is 30.1 Å². The molecule has 1 aromatic carbocycles. The number of unbranched alkanes of at least 4 members (excludes halogenated alkanes) is 1. The highest BCUT2D eigenvalue weighted by atomic mass is 16.5. The van der Waals surface area contributed by atoms with Gasteiger partial charge in [0, 0.05) is 31.3 Å². The first kappa shape index (κ1) is 19.1. The van der Waals surface area contributed by atoms with Gasteiger partial charge < -0.3 is 9.84 Å². The van der Waals surface area contributed by atoms with Crippen molar-refractivity contribution in [2.24, 2.45) is 29.6 Å². The SMILES string of the molecule is CCCC[C@@H]1[C@H]2[C@H](CO)C[C@H](COC(C)=O)[C@H]2C(=O)[C@H]1c1ccccc1. The number of benzene rings is 1. The number of Topliss-reactive ketones (excluding diaryl/α,β-unsaturated/α-hetero) is 1. The molecule has 6 atom stereocenters. The summed E-state index contributed by atoms with van der Waals surface area (Å²) in [6.45, 7) is 3.98. The lowest BCUT2D eigenvalue weighted by Gasteiger charge is -2.27. The molecule has 0 spiro atoms. The number of rotatable bonds is 7. The molecular formula is C22H30O4. The minimum absolute atomic E-state index is 0.0337. The van der Waals surface area contributed by atoms with Crippen LogP contribution in [0.2, 0.25) is 0 Å². The molecule has 2 fully saturated rings. The fraction of sp³-hybridized carbons (Fsp3) is 0.636. The summed E-state index contributed by atoms with van der Waals surface area (Å²) in [5, 5.41) is 9.98. The summed E-state index contributed by atoms with van der Waals surface area (Å²) in [5.41, 5.74) is 1.09. The highest BCUT2D eigenvalue weighted by Gasteiger charge is 2.58. The molecule has 0 bridgehead atoms. The maximum atomic E-state index is 13.5. The van der Waals surface area contributed by atoms with E-state index < -0.39 is 0 Å². The Labute approximate surface area is 155 Å². The predicted molar refractivity (Wildman–Crippen MR) is 99.5 cm³/mol. The maximum Gasteiger partial charge on any atom is 0.302 e. The van der Waals surface area contributed by atoms with E-state index in [1.807, 2.05) is 18.2 Å². The highest BCUT2D eigenvalue weighted by molar-refractivity contribution is 5.91. The van der Waals surface area contributed by atoms with Gasteiger partial charge in [-0.25, -0.2) is 0 Å². The van der Waals surface area contributed by atoms with Gasteiger partial charge in [-0.15, -0.1) is 0 Å². The summed E-state index contributed by atoms with van der Waals surface area (Å²) < 4.78 is 5.26. The standard InChI is InChI=1S/C22H30O4/c1-3-4-10-18-19-16(12-23)11-17(13-26-14(2)24)21(19)22(25)20(18)15-8-6-5-7-9-15/h5-9,16-21,23H,3-4,10-13H2,1-2H3/t16-,17+,18+,19+,20-,21+/m0/s1. The van der Waals surface area contributed by atoms with Crippen LogP contribution >= 0.6 is 0 Å². The third-order valence-electron chi connectivity index (χ3n) is 6.41. The molecule has 0 unspecified atom stereocenters. The molecule has 2 aliphatic rings. The summed E-state index contributed by atoms with van der Waals surface area (Å²) in [5.74, 6) is 0.424. The fourth-order valence-corrected chi connectivity index (χ4v) is 5.44. The van der Waals surface area contributed by atoms with Crippen LogP contribution in [0.5, 0.6) is 0 Å². The number of hydrogen-bond acceptors (Lipinski definition) is 4. The molecule has 4 heteroatoms. The number of esters is 1. The van der Waals surface area contributed by atoms with Gasteiger partial charge in [-0.05, 0) is 36.2 Å². The van der Waals surface area contributed by atoms with Crippen molar-refractivity contribution in [3.05, 3.63) is 35.9 Å². The molecule has 0 amide bonds. The summed E-state index contributed by atoms with van der Waals surface area (Å²) in [6, 6.07) is 10.1. The van der Waals surface area contributed by atoms with E-state index in [9.17, 15) is 14.7 Å². The quantitative estimate of drug-likeness (QED) is 0.757. The molecule has 0 saturated heterocycles. The summed E-state index contributed by atoms with van der Waals surface area (Å²) in [4.78, 5) is 24.7. The molecule has 0 radical (unpaired) electrons. The van der Waals surface area contributed by atoms with Gasteiger partial charge in [-0.3, -0.25) is 9.59 Å². The van der Waals surface area contributed by atoms with Crippen molar-refractivity contribution in [2.75, 3.05) is 13.2 Å². The molecule has 0 aromatic heterocycles. The Kier molecular flexibility index (Phi) is 6.13. The molecule has 1 N–H and O–H groups in total. The highest BCUT2D eigenvalue weighted by Crippen LogP contribution is 2.58. The predicted octanol–water partition coefficient (Wildman–Crippen LogP) is 3.58. The Morgan fingerprint density at radius 1 is 1.23 bits per heavy atom. The largest absolute Gasteiger partial charge is 0.466 e. The van der Waals surface area contributed by atoms with E-state index >= 15 is 0 Å². The van der Waals surface area contributed by atoms with Gasteiger partial charge in [-0.1, -0.05) is 50.1 Å². The molecule has 26 heavy (non-hydrogen) atoms. The third kappa shape index (κ3) is 3.57. The van der Waals surface area contributed by atoms with Gasteiger partial charge >= 0.3 is 5.97 Å². The van der Waals surface area contributed by atoms with Gasteiger partial charge in [0.1, 0.15) is 5.78 Å². The van der Waals surface area contributed by atoms with Crippen LogP contribution in [0.1, 0.15) is 51.0 Å². The summed E-state index contributed by atoms with van der Waals surface area (Å²) >= 11 is 0. The number of ketones is 1. The van der Waals surface area contributed by atoms with Gasteiger partial charge in [0.05, 0.1) is 6.61 Å². The third-order valence-corrected chi connectivity index (χ3v) is 6.41. The normalized spacial score (nSPS) is 33.3. The van der Waals surface area contributed by atoms with Crippen molar-refractivity contribution < 1.29 is 19.4 Å². The molecule has 3 rings (SSSR count). The smallest absolute Gasteiger partial charge is 0.302 e. The molecular weight excluding hydrogens is 328 g/mol. The van der Waals surface area contributed by atoms with E-state index in [1.54, 1.807) is 0 Å². The molecule has 0 aliphatic heterocycles. The Morgan fingerprint density at radius 2 is 1.96 bits per heavy atom. The van der Waals surface area contributed by atoms with Crippen LogP contribution in [0.15, 0.2) is 30.3 Å². The van der Waals surface area contributed by atoms with Crippen LogP contribution in [0, 0.1) is 29.6 Å². The summed E-state index contributed by atoms with van der Waals surface area (Å²) in [6.07, 6.45) is 3.98. The zero-order chi connectivity index (χ0) is 18.7. The summed E-state index contributed by atoms with van der Waals surface area (Å²) in [7, 11) is 0. The van der Waals surface area contributed by atoms with Crippen LogP contribution < -0.4 is 0 Å². The number of hydrogen-bond donors (Lipinski definition) is 1. The second-order valence-electron chi connectivity index (χ2n) is 7.94. The number of aliphatic hydroxyl groups is 1. The zero-order valence-corrected chi connectivity index (χ0v) is 15.8. The van der Waals surface area contributed by atoms with Crippen LogP contribution in [0.25, 0.3) is 0 Å². The second kappa shape index (κ2) is 8.34. The molecule has 4 nitrogen and oxygen atoms in total. The van der Waals surface area contributed by atoms with Crippen molar-refractivity contribution in [1.82, 2.24) is 0 Å². The Morgan fingerprint density at radius 3 is 2.58 bits per heavy atom. The van der Waals surface area contributed by atoms with Crippen molar-refractivity contribution in [1.29, 1.82) is 0 Å². The van der Waals surface area contributed by atoms with Crippen LogP contribution in [0.4, 0.5) is 0 Å². The number of carbonyl (C=O) groups excluding carboxylic acids is 2. The van der Waals surface area contributed by atoms with Gasteiger partial charge in [0.15, 0.2) is 0 Å². The van der Waals surface area contributed by atoms with Gasteiger partial charge in [0.25, 0.3) is 0 Å². The minimum atomic E-state index is -0.304. The molecule has 2 aliphatic carbocycles. The lowest BCUT2D eigenvalue weighted by atomic mass is 9.77. The first-order chi connectivity index (χ1) is 12.6. The van der Waals surface area contributed by atoms with Crippen molar-refractivity contribution in [2.45, 2.75) is 45.4 Å². The average molecular weight is 358 g/mol. The van der Waals surface area contributed by atoms with E-state index in [0.717, 1.165) is 31.2 Å². The number of fused-ring (bicyclic) bond motifs is 1. The first-order valence-corrected chi connectivity index (χ1v) is 9.91. The fourth-order valence-electron chi connectivity index (χ4n) is 5.44.